The van der Waals surface area contributed by atoms with E-state index in [4.69, 9.17) is 10.8 Å². The molecule has 0 bridgehead atoms. The van der Waals surface area contributed by atoms with Gasteiger partial charge in [-0.1, -0.05) is 18.2 Å². The minimum absolute atomic E-state index is 0.249. The van der Waals surface area contributed by atoms with Crippen LogP contribution >= 0.6 is 12.2 Å². The highest BCUT2D eigenvalue weighted by molar-refractivity contribution is 7.80. The first-order valence-corrected chi connectivity index (χ1v) is 4.16. The third-order valence-electron chi connectivity index (χ3n) is 1.43. The molecule has 0 aliphatic heterocycles. The molecule has 0 saturated carbocycles. The van der Waals surface area contributed by atoms with Gasteiger partial charge in [-0.15, -0.1) is 0 Å². The van der Waals surface area contributed by atoms with Crippen molar-refractivity contribution < 1.29 is 9.90 Å². The highest BCUT2D eigenvalue weighted by Crippen LogP contribution is 2.06. The van der Waals surface area contributed by atoms with Crippen LogP contribution in [-0.4, -0.2) is 21.3 Å². The Labute approximate surface area is 86.1 Å². The van der Waals surface area contributed by atoms with Gasteiger partial charge in [0.2, 0.25) is 0 Å². The van der Waals surface area contributed by atoms with Crippen molar-refractivity contribution in [2.24, 2.45) is 5.73 Å². The number of anilines is 1. The van der Waals surface area contributed by atoms with Gasteiger partial charge in [0.1, 0.15) is 0 Å². The quantitative estimate of drug-likeness (QED) is 0.506. The first kappa shape index (κ1) is 10.3. The number of nitrogens with one attached hydrogen (secondary N) is 1. The second-order valence-corrected chi connectivity index (χ2v) is 2.85. The van der Waals surface area contributed by atoms with Crippen LogP contribution in [-0.2, 0) is 0 Å². The van der Waals surface area contributed by atoms with E-state index in [0.29, 0.717) is 10.7 Å². The number of carbonyl (C=O) groups is 1. The van der Waals surface area contributed by atoms with Crippen LogP contribution in [0.3, 0.4) is 0 Å². The number of nitrogens with two attached hydrogens (primary N) is 1. The van der Waals surface area contributed by atoms with E-state index in [2.05, 4.69) is 17.6 Å². The zero-order chi connectivity index (χ0) is 10.6. The topological polar surface area (TPSA) is 78.6 Å². The van der Waals surface area contributed by atoms with Gasteiger partial charge in [-0.2, -0.15) is 5.01 Å². The van der Waals surface area contributed by atoms with Crippen molar-refractivity contribution in [2.45, 2.75) is 0 Å². The average molecular weight is 211 g/mol. The molecule has 0 fully saturated rings. The Bertz CT molecular complexity index is 328. The Morgan fingerprint density at radius 3 is 2.43 bits per heavy atom. The summed E-state index contributed by atoms with van der Waals surface area (Å²) >= 11 is 4.55. The first-order chi connectivity index (χ1) is 6.61. The Balaban J connectivity index is 2.75. The molecule has 0 aliphatic carbocycles. The van der Waals surface area contributed by atoms with Crippen molar-refractivity contribution in [1.29, 1.82) is 0 Å². The maximum atomic E-state index is 10.6. The number of carboxylic acid groups (broad SMARTS) is 1. The maximum absolute atomic E-state index is 10.6. The van der Waals surface area contributed by atoms with Crippen molar-refractivity contribution in [2.75, 3.05) is 5.43 Å². The van der Waals surface area contributed by atoms with E-state index < -0.39 is 6.09 Å². The van der Waals surface area contributed by atoms with Gasteiger partial charge in [0.05, 0.1) is 5.69 Å². The summed E-state index contributed by atoms with van der Waals surface area (Å²) in [6.07, 6.45) is -1.25. The Morgan fingerprint density at radius 1 is 1.43 bits per heavy atom. The van der Waals surface area contributed by atoms with Crippen LogP contribution in [0.5, 0.6) is 0 Å². The number of amides is 1. The predicted octanol–water partition coefficient (Wildman–Crippen LogP) is 1.24. The minimum atomic E-state index is -1.25. The number of hydrogen-bond acceptors (Lipinski definition) is 3. The van der Waals surface area contributed by atoms with Crippen molar-refractivity contribution in [3.05, 3.63) is 30.3 Å². The normalized spacial score (nSPS) is 9.14. The van der Waals surface area contributed by atoms with E-state index in [1.807, 2.05) is 6.07 Å². The fourth-order valence-electron chi connectivity index (χ4n) is 0.839. The van der Waals surface area contributed by atoms with Crippen molar-refractivity contribution in [3.8, 4) is 0 Å². The lowest BCUT2D eigenvalue weighted by atomic mass is 10.3. The molecule has 14 heavy (non-hydrogen) atoms. The summed E-state index contributed by atoms with van der Waals surface area (Å²) in [6.45, 7) is 0. The standard InChI is InChI=1S/C8H9N3O2S/c9-7(14)11(8(12)13)10-6-4-2-1-3-5-6/h1-5,10H,(H2,9,14)(H,12,13). The molecule has 0 atom stereocenters. The van der Waals surface area contributed by atoms with Gasteiger partial charge in [0.25, 0.3) is 0 Å². The fraction of sp³-hybridized carbons (Fsp3) is 0. The Morgan fingerprint density at radius 2 is 2.00 bits per heavy atom. The second kappa shape index (κ2) is 4.43. The van der Waals surface area contributed by atoms with Gasteiger partial charge < -0.3 is 10.8 Å². The molecule has 0 saturated heterocycles. The molecule has 6 heteroatoms. The molecular weight excluding hydrogens is 202 g/mol. The highest BCUT2D eigenvalue weighted by Gasteiger charge is 2.13. The molecule has 1 amide bonds. The highest BCUT2D eigenvalue weighted by atomic mass is 32.1. The summed E-state index contributed by atoms with van der Waals surface area (Å²) in [6, 6.07) is 8.75. The average Bonchev–Trinajstić information content (AvgIpc) is 2.15. The lowest BCUT2D eigenvalue weighted by molar-refractivity contribution is 0.175. The molecule has 0 unspecified atom stereocenters. The summed E-state index contributed by atoms with van der Waals surface area (Å²) in [5.74, 6) is 0. The molecule has 0 aromatic heterocycles. The summed E-state index contributed by atoms with van der Waals surface area (Å²) in [4.78, 5) is 10.6. The first-order valence-electron chi connectivity index (χ1n) is 3.75. The molecule has 0 spiro atoms. The number of hydrogen-bond donors (Lipinski definition) is 3. The Hall–Kier alpha value is -1.82. The molecule has 1 rings (SSSR count). The van der Waals surface area contributed by atoms with Gasteiger partial charge in [-0.05, 0) is 24.4 Å². The lowest BCUT2D eigenvalue weighted by Gasteiger charge is -2.18. The Kier molecular flexibility index (Phi) is 3.24. The number of hydrazine groups is 1. The third-order valence-corrected chi connectivity index (χ3v) is 1.61. The van der Waals surface area contributed by atoms with Crippen LogP contribution in [0.15, 0.2) is 30.3 Å². The van der Waals surface area contributed by atoms with Crippen LogP contribution in [0, 0.1) is 0 Å². The largest absolute Gasteiger partial charge is 0.463 e. The maximum Gasteiger partial charge on any atom is 0.433 e. The van der Waals surface area contributed by atoms with E-state index in [-0.39, 0.29) is 5.11 Å². The van der Waals surface area contributed by atoms with Gasteiger partial charge in [0.15, 0.2) is 5.11 Å². The zero-order valence-electron chi connectivity index (χ0n) is 7.18. The van der Waals surface area contributed by atoms with Crippen LogP contribution in [0.4, 0.5) is 10.5 Å². The molecule has 74 valence electrons. The van der Waals surface area contributed by atoms with E-state index in [9.17, 15) is 4.79 Å². The van der Waals surface area contributed by atoms with Crippen LogP contribution in [0.2, 0.25) is 0 Å². The SMILES string of the molecule is NC(=S)N(Nc1ccccc1)C(=O)O. The molecule has 5 nitrogen and oxygen atoms in total. The van der Waals surface area contributed by atoms with Crippen LogP contribution in [0.1, 0.15) is 0 Å². The predicted molar refractivity (Wildman–Crippen MR) is 56.7 cm³/mol. The molecule has 0 radical (unpaired) electrons. The number of nitrogens with zero attached hydrogens (tertiary/aromatic N) is 1. The molecule has 1 aromatic carbocycles. The number of thiocarbonyl (C=S) groups is 1. The van der Waals surface area contributed by atoms with Gasteiger partial charge in [-0.3, -0.25) is 5.43 Å². The summed E-state index contributed by atoms with van der Waals surface area (Å²) in [7, 11) is 0. The van der Waals surface area contributed by atoms with E-state index >= 15 is 0 Å². The minimum Gasteiger partial charge on any atom is -0.463 e. The van der Waals surface area contributed by atoms with E-state index in [1.165, 1.54) is 0 Å². The molecule has 0 heterocycles. The number of para-hydroxylation sites is 1. The summed E-state index contributed by atoms with van der Waals surface area (Å²) < 4.78 is 0. The lowest BCUT2D eigenvalue weighted by Crippen LogP contribution is -2.43. The van der Waals surface area contributed by atoms with Crippen molar-refractivity contribution >= 4 is 29.1 Å². The molecule has 4 N–H and O–H groups in total. The van der Waals surface area contributed by atoms with Crippen LogP contribution < -0.4 is 11.2 Å². The third kappa shape index (κ3) is 2.60. The zero-order valence-corrected chi connectivity index (χ0v) is 7.99. The van der Waals surface area contributed by atoms with E-state index in [1.54, 1.807) is 24.3 Å². The smallest absolute Gasteiger partial charge is 0.433 e. The fourth-order valence-corrected chi connectivity index (χ4v) is 0.963. The van der Waals surface area contributed by atoms with Crippen LogP contribution in [0.25, 0.3) is 0 Å². The van der Waals surface area contributed by atoms with Gasteiger partial charge >= 0.3 is 6.09 Å². The molecule has 0 aliphatic rings. The number of rotatable bonds is 2. The monoisotopic (exact) mass is 211 g/mol. The van der Waals surface area contributed by atoms with Gasteiger partial charge in [-0.25, -0.2) is 4.79 Å². The second-order valence-electron chi connectivity index (χ2n) is 2.43. The van der Waals surface area contributed by atoms with E-state index in [0.717, 1.165) is 0 Å². The molecular formula is C8H9N3O2S. The molecule has 1 aromatic rings. The number of benzene rings is 1. The summed E-state index contributed by atoms with van der Waals surface area (Å²) in [5, 5.41) is 9.12. The van der Waals surface area contributed by atoms with Gasteiger partial charge in [0, 0.05) is 0 Å². The summed E-state index contributed by atoms with van der Waals surface area (Å²) in [5.41, 5.74) is 8.34. The van der Waals surface area contributed by atoms with Crippen molar-refractivity contribution in [3.63, 3.8) is 0 Å². The van der Waals surface area contributed by atoms with Crippen molar-refractivity contribution in [1.82, 2.24) is 5.01 Å².